The van der Waals surface area contributed by atoms with Crippen LogP contribution in [-0.4, -0.2) is 13.7 Å². The normalized spacial score (nSPS) is 12.0. The predicted octanol–water partition coefficient (Wildman–Crippen LogP) is 3.09. The van der Waals surface area contributed by atoms with E-state index in [-0.39, 0.29) is 12.6 Å². The van der Waals surface area contributed by atoms with Crippen molar-refractivity contribution < 1.29 is 13.5 Å². The Balaban J connectivity index is 2.21. The number of methoxy groups -OCH3 is 1. The summed E-state index contributed by atoms with van der Waals surface area (Å²) in [6, 6.07) is 10.8. The number of nitrogens with one attached hydrogen (secondary N) is 1. The third-order valence-electron chi connectivity index (χ3n) is 2.99. The first-order valence-electron chi connectivity index (χ1n) is 6.19. The number of halogens is 2. The summed E-state index contributed by atoms with van der Waals surface area (Å²) >= 11 is 0. The highest BCUT2D eigenvalue weighted by molar-refractivity contribution is 5.50. The minimum absolute atomic E-state index is 0.252. The van der Waals surface area contributed by atoms with Crippen LogP contribution in [0.2, 0.25) is 0 Å². The molecule has 0 saturated heterocycles. The van der Waals surface area contributed by atoms with Crippen LogP contribution in [0.3, 0.4) is 0 Å². The Kier molecular flexibility index (Phi) is 4.53. The molecule has 5 heteroatoms. The lowest BCUT2D eigenvalue weighted by Gasteiger charge is -2.19. The topological polar surface area (TPSA) is 47.3 Å². The van der Waals surface area contributed by atoms with Gasteiger partial charge in [-0.3, -0.25) is 0 Å². The van der Waals surface area contributed by atoms with E-state index in [1.54, 1.807) is 7.11 Å². The molecule has 0 aromatic heterocycles. The first kappa shape index (κ1) is 14.3. The van der Waals surface area contributed by atoms with Gasteiger partial charge >= 0.3 is 0 Å². The highest BCUT2D eigenvalue weighted by Crippen LogP contribution is 2.23. The van der Waals surface area contributed by atoms with Crippen LogP contribution in [0, 0.1) is 11.6 Å². The molecule has 1 atom stereocenters. The van der Waals surface area contributed by atoms with Gasteiger partial charge in [0.2, 0.25) is 0 Å². The molecule has 0 amide bonds. The van der Waals surface area contributed by atoms with Gasteiger partial charge in [0, 0.05) is 18.3 Å². The van der Waals surface area contributed by atoms with Crippen LogP contribution < -0.4 is 15.8 Å². The molecule has 2 aromatic carbocycles. The smallest absolute Gasteiger partial charge is 0.159 e. The molecule has 0 heterocycles. The molecule has 3 N–H and O–H groups in total. The summed E-state index contributed by atoms with van der Waals surface area (Å²) in [7, 11) is 1.58. The van der Waals surface area contributed by atoms with Crippen LogP contribution in [-0.2, 0) is 0 Å². The first-order valence-corrected chi connectivity index (χ1v) is 6.19. The molecule has 0 fully saturated rings. The van der Waals surface area contributed by atoms with Crippen molar-refractivity contribution in [3.8, 4) is 5.75 Å². The Morgan fingerprint density at radius 3 is 2.60 bits per heavy atom. The van der Waals surface area contributed by atoms with Crippen molar-refractivity contribution in [3.63, 3.8) is 0 Å². The maximum Gasteiger partial charge on any atom is 0.159 e. The highest BCUT2D eigenvalue weighted by Gasteiger charge is 2.12. The van der Waals surface area contributed by atoms with Gasteiger partial charge in [-0.15, -0.1) is 0 Å². The van der Waals surface area contributed by atoms with Gasteiger partial charge in [-0.25, -0.2) is 8.78 Å². The van der Waals surface area contributed by atoms with Crippen molar-refractivity contribution in [1.82, 2.24) is 0 Å². The molecule has 0 bridgehead atoms. The van der Waals surface area contributed by atoms with Crippen LogP contribution in [0.25, 0.3) is 0 Å². The van der Waals surface area contributed by atoms with E-state index in [0.717, 1.165) is 17.8 Å². The molecule has 1 unspecified atom stereocenters. The third kappa shape index (κ3) is 3.24. The van der Waals surface area contributed by atoms with E-state index in [4.69, 9.17) is 10.5 Å². The van der Waals surface area contributed by atoms with E-state index >= 15 is 0 Å². The lowest BCUT2D eigenvalue weighted by molar-refractivity contribution is 0.415. The zero-order chi connectivity index (χ0) is 14.5. The maximum absolute atomic E-state index is 13.3. The SMILES string of the molecule is COc1cccc(NC(CN)c2ccc(F)c(F)c2)c1. The predicted molar refractivity (Wildman–Crippen MR) is 74.8 cm³/mol. The fourth-order valence-electron chi connectivity index (χ4n) is 1.92. The number of anilines is 1. The molecule has 20 heavy (non-hydrogen) atoms. The average molecular weight is 278 g/mol. The summed E-state index contributed by atoms with van der Waals surface area (Å²) in [5.41, 5.74) is 7.09. The largest absolute Gasteiger partial charge is 0.497 e. The Hall–Kier alpha value is -2.14. The molecule has 0 saturated carbocycles. The Bertz CT molecular complexity index is 590. The monoisotopic (exact) mass is 278 g/mol. The number of ether oxygens (including phenoxy) is 1. The molecule has 0 aliphatic rings. The van der Waals surface area contributed by atoms with Crippen molar-refractivity contribution in [3.05, 3.63) is 59.7 Å². The molecule has 2 rings (SSSR count). The summed E-state index contributed by atoms with van der Waals surface area (Å²) in [6.45, 7) is 0.252. The number of benzene rings is 2. The number of hydrogen-bond donors (Lipinski definition) is 2. The van der Waals surface area contributed by atoms with Crippen molar-refractivity contribution in [2.45, 2.75) is 6.04 Å². The van der Waals surface area contributed by atoms with E-state index in [1.165, 1.54) is 6.07 Å². The molecule has 106 valence electrons. The Morgan fingerprint density at radius 1 is 1.15 bits per heavy atom. The quantitative estimate of drug-likeness (QED) is 0.883. The van der Waals surface area contributed by atoms with E-state index in [0.29, 0.717) is 11.3 Å². The van der Waals surface area contributed by atoms with E-state index in [9.17, 15) is 8.78 Å². The minimum Gasteiger partial charge on any atom is -0.497 e. The Labute approximate surface area is 116 Å². The summed E-state index contributed by atoms with van der Waals surface area (Å²) in [5, 5.41) is 3.17. The first-order chi connectivity index (χ1) is 9.63. The standard InChI is InChI=1S/C15H16F2N2O/c1-20-12-4-2-3-11(8-12)19-15(9-18)10-5-6-13(16)14(17)7-10/h2-8,15,19H,9,18H2,1H3. The van der Waals surface area contributed by atoms with Crippen LogP contribution in [0.15, 0.2) is 42.5 Å². The van der Waals surface area contributed by atoms with E-state index in [2.05, 4.69) is 5.32 Å². The molecular formula is C15H16F2N2O. The number of nitrogens with two attached hydrogens (primary N) is 1. The van der Waals surface area contributed by atoms with Gasteiger partial charge in [-0.2, -0.15) is 0 Å². The molecule has 0 aliphatic heterocycles. The van der Waals surface area contributed by atoms with Gasteiger partial charge in [-0.1, -0.05) is 12.1 Å². The van der Waals surface area contributed by atoms with Gasteiger partial charge in [0.25, 0.3) is 0 Å². The third-order valence-corrected chi connectivity index (χ3v) is 2.99. The molecule has 0 aliphatic carbocycles. The zero-order valence-electron chi connectivity index (χ0n) is 11.1. The summed E-state index contributed by atoms with van der Waals surface area (Å²) in [6.07, 6.45) is 0. The van der Waals surface area contributed by atoms with Gasteiger partial charge < -0.3 is 15.8 Å². The van der Waals surface area contributed by atoms with E-state index in [1.807, 2.05) is 24.3 Å². The van der Waals surface area contributed by atoms with Crippen LogP contribution in [0.4, 0.5) is 14.5 Å². The molecule has 3 nitrogen and oxygen atoms in total. The van der Waals surface area contributed by atoms with Gasteiger partial charge in [0.15, 0.2) is 11.6 Å². The summed E-state index contributed by atoms with van der Waals surface area (Å²) in [5.74, 6) is -1.05. The van der Waals surface area contributed by atoms with Gasteiger partial charge in [0.1, 0.15) is 5.75 Å². The van der Waals surface area contributed by atoms with Crippen LogP contribution in [0.1, 0.15) is 11.6 Å². The van der Waals surface area contributed by atoms with Crippen LogP contribution in [0.5, 0.6) is 5.75 Å². The lowest BCUT2D eigenvalue weighted by atomic mass is 10.1. The number of rotatable bonds is 5. The second kappa shape index (κ2) is 6.34. The average Bonchev–Trinajstić information content (AvgIpc) is 2.48. The molecular weight excluding hydrogens is 262 g/mol. The van der Waals surface area contributed by atoms with Crippen molar-refractivity contribution in [1.29, 1.82) is 0 Å². The second-order valence-corrected chi connectivity index (χ2v) is 4.34. The van der Waals surface area contributed by atoms with Gasteiger partial charge in [-0.05, 0) is 29.8 Å². The second-order valence-electron chi connectivity index (χ2n) is 4.34. The summed E-state index contributed by atoms with van der Waals surface area (Å²) < 4.78 is 31.3. The maximum atomic E-state index is 13.3. The van der Waals surface area contributed by atoms with Crippen molar-refractivity contribution >= 4 is 5.69 Å². The lowest BCUT2D eigenvalue weighted by Crippen LogP contribution is -2.20. The highest BCUT2D eigenvalue weighted by atomic mass is 19.2. The zero-order valence-corrected chi connectivity index (χ0v) is 11.1. The Morgan fingerprint density at radius 2 is 1.95 bits per heavy atom. The van der Waals surface area contributed by atoms with Crippen molar-refractivity contribution in [2.75, 3.05) is 19.0 Å². The number of hydrogen-bond acceptors (Lipinski definition) is 3. The minimum atomic E-state index is -0.881. The van der Waals surface area contributed by atoms with E-state index < -0.39 is 11.6 Å². The van der Waals surface area contributed by atoms with Crippen LogP contribution >= 0.6 is 0 Å². The molecule has 0 spiro atoms. The fraction of sp³-hybridized carbons (Fsp3) is 0.200. The van der Waals surface area contributed by atoms with Gasteiger partial charge in [0.05, 0.1) is 13.2 Å². The van der Waals surface area contributed by atoms with Crippen molar-refractivity contribution in [2.24, 2.45) is 5.73 Å². The molecule has 2 aromatic rings. The molecule has 0 radical (unpaired) electrons. The fourth-order valence-corrected chi connectivity index (χ4v) is 1.92. The summed E-state index contributed by atoms with van der Waals surface area (Å²) in [4.78, 5) is 0.